The monoisotopic (exact) mass is 1140 g/mol. The van der Waals surface area contributed by atoms with Gasteiger partial charge in [-0.2, -0.15) is 0 Å². The van der Waals surface area contributed by atoms with Crippen molar-refractivity contribution in [2.24, 2.45) is 0 Å². The Bertz CT molecular complexity index is 3090. The molecule has 0 aliphatic carbocycles. The van der Waals surface area contributed by atoms with E-state index in [0.29, 0.717) is 11.1 Å². The quantitative estimate of drug-likeness (QED) is 0.0224. The van der Waals surface area contributed by atoms with Crippen molar-refractivity contribution >= 4 is 35.1 Å². The van der Waals surface area contributed by atoms with Crippen LogP contribution in [0.15, 0.2) is 83.3 Å². The smallest absolute Gasteiger partial charge is 0.402 e. The fraction of sp³-hybridized carbons (Fsp3) is 0.377. The Balaban J connectivity index is 1.14. The van der Waals surface area contributed by atoms with E-state index in [9.17, 15) is 86.2 Å². The Morgan fingerprint density at radius 2 is 1.02 bits per heavy atom. The lowest BCUT2D eigenvalue weighted by Gasteiger charge is -2.45. The molecule has 1 aromatic heterocycles. The van der Waals surface area contributed by atoms with Crippen molar-refractivity contribution in [2.45, 2.75) is 92.1 Å². The van der Waals surface area contributed by atoms with Gasteiger partial charge in [-0.1, -0.05) is 12.1 Å². The van der Waals surface area contributed by atoms with Crippen LogP contribution in [0.25, 0.3) is 34.4 Å². The minimum atomic E-state index is -2.21. The normalized spacial score (nSPS) is 28.7. The number of hydrogen-bond acceptors (Lipinski definition) is 27. The number of aliphatic hydroxyl groups excluding tert-OH is 9. The topological polar surface area (TPSA) is 441 Å². The van der Waals surface area contributed by atoms with Gasteiger partial charge in [-0.3, -0.25) is 0 Å². The van der Waals surface area contributed by atoms with Crippen LogP contribution in [0.5, 0.6) is 57.5 Å². The molecule has 0 amide bonds. The Labute approximate surface area is 457 Å². The summed E-state index contributed by atoms with van der Waals surface area (Å²) in [6.07, 6.45) is -24.7. The molecule has 0 radical (unpaired) electrons. The number of benzene rings is 4. The van der Waals surface area contributed by atoms with Gasteiger partial charge < -0.3 is 124 Å². The fourth-order valence-corrected chi connectivity index (χ4v) is 8.66. The number of aliphatic hydroxyl groups is 9. The number of phenolic OH excluding ortho intramolecular Hbond substituents is 6. The first-order valence-corrected chi connectivity index (χ1v) is 24.4. The van der Waals surface area contributed by atoms with Crippen LogP contribution in [-0.2, 0) is 38.0 Å². The second-order valence-electron chi connectivity index (χ2n) is 18.5. The summed E-state index contributed by atoms with van der Waals surface area (Å²) in [4.78, 5) is 25.9. The predicted molar refractivity (Wildman–Crippen MR) is 269 cm³/mol. The SMILES string of the molecule is COc1cc(C=CC(=O)OC[C@@H]2O[C@@H](Oc3cc4c(O[C@@H]5O[C@H](CO)[C@@H](O)[C@H](O)[C@@H]5O)cc(O)cc4[o+]c3-c3cc(O)c(O)c(O)c3)[C@@H](O[C@@H]3O[C@H](COC(=O)C=Cc4ccc(O)c(OC)c4)[C@@H](O)[C@H](O)[C@@H]3O)[C@@H](O)[C@@H]2O)ccc1O. The minimum absolute atomic E-state index is 0.0893. The molecule has 436 valence electrons. The maximum absolute atomic E-state index is 13.1. The number of hydrogen-bond donors (Lipinski definition) is 15. The van der Waals surface area contributed by atoms with E-state index in [-0.39, 0.29) is 39.5 Å². The molecule has 28 nitrogen and oxygen atoms in total. The first-order chi connectivity index (χ1) is 38.6. The number of rotatable bonds is 18. The van der Waals surface area contributed by atoms with Gasteiger partial charge in [0.2, 0.25) is 18.3 Å². The molecule has 15 N–H and O–H groups in total. The van der Waals surface area contributed by atoms with Crippen molar-refractivity contribution in [1.29, 1.82) is 0 Å². The molecule has 0 spiro atoms. The van der Waals surface area contributed by atoms with E-state index in [0.717, 1.165) is 42.5 Å². The predicted octanol–water partition coefficient (Wildman–Crippen LogP) is -0.658. The number of ether oxygens (including phenoxy) is 10. The Kier molecular flexibility index (Phi) is 18.5. The summed E-state index contributed by atoms with van der Waals surface area (Å²) in [7, 11) is 2.63. The number of aromatic hydroxyl groups is 6. The average Bonchev–Trinajstić information content (AvgIpc) is 3.63. The molecule has 3 fully saturated rings. The fourth-order valence-electron chi connectivity index (χ4n) is 8.66. The molecule has 4 heterocycles. The van der Waals surface area contributed by atoms with Crippen LogP contribution in [-0.4, -0.2) is 215 Å². The van der Waals surface area contributed by atoms with Gasteiger partial charge in [-0.05, 0) is 47.5 Å². The van der Waals surface area contributed by atoms with Crippen LogP contribution >= 0.6 is 0 Å². The highest BCUT2D eigenvalue weighted by Crippen LogP contribution is 2.46. The second-order valence-corrected chi connectivity index (χ2v) is 18.5. The number of fused-ring (bicyclic) bond motifs is 1. The van der Waals surface area contributed by atoms with E-state index in [4.69, 9.17) is 51.8 Å². The molecule has 15 atom stereocenters. The largest absolute Gasteiger partial charge is 0.507 e. The molecule has 5 aromatic rings. The molecule has 3 saturated heterocycles. The summed E-state index contributed by atoms with van der Waals surface area (Å²) in [6, 6.07) is 13.3. The number of esters is 2. The van der Waals surface area contributed by atoms with Crippen molar-refractivity contribution in [3.05, 3.63) is 90.0 Å². The summed E-state index contributed by atoms with van der Waals surface area (Å²) in [5, 5.41) is 160. The van der Waals surface area contributed by atoms with E-state index >= 15 is 0 Å². The molecular weight excluding hydrogens is 1080 g/mol. The number of methoxy groups -OCH3 is 2. The highest BCUT2D eigenvalue weighted by Gasteiger charge is 2.53. The molecule has 3 aliphatic rings. The van der Waals surface area contributed by atoms with Gasteiger partial charge in [0, 0.05) is 36.4 Å². The van der Waals surface area contributed by atoms with Crippen molar-refractivity contribution in [3.63, 3.8) is 0 Å². The zero-order valence-electron chi connectivity index (χ0n) is 42.5. The summed E-state index contributed by atoms with van der Waals surface area (Å²) in [5.41, 5.74) is 0.214. The molecule has 4 aromatic carbocycles. The van der Waals surface area contributed by atoms with E-state index < -0.39 is 164 Å². The summed E-state index contributed by atoms with van der Waals surface area (Å²) in [5.74, 6) is -6.94. The molecule has 81 heavy (non-hydrogen) atoms. The molecule has 0 bridgehead atoms. The maximum Gasteiger partial charge on any atom is 0.402 e. The standard InChI is InChI=1S/C53H56O28/c1-71-32-11-21(3-7-26(32)56)5-9-38(60)73-19-36-42(64)45(67)48(70)52(79-36)81-50-46(68)43(65)37(20-74-39(61)10-6-22-4-8-27(57)33(12-22)72-2)80-53(50)77-34-17-25-30(75-49(34)23-13-28(58)40(62)29(59)14-23)15-24(55)16-31(25)76-51-47(69)44(66)41(63)35(18-54)78-51/h3-17,35-37,41-48,50-54,63-70H,18-20H2,1-2H3,(H5-,55,56,57,58,59,60,61,62)/p+1/t35-,36-,37+,41-,42-,43-,44+,45+,46+,47+,48+,50+,51-,52+,53-/m1/s1. The lowest BCUT2D eigenvalue weighted by molar-refractivity contribution is -0.358. The van der Waals surface area contributed by atoms with Gasteiger partial charge in [-0.25, -0.2) is 14.0 Å². The Morgan fingerprint density at radius 1 is 0.531 bits per heavy atom. The zero-order chi connectivity index (χ0) is 58.6. The maximum atomic E-state index is 13.1. The van der Waals surface area contributed by atoms with Crippen LogP contribution in [0.1, 0.15) is 11.1 Å². The lowest BCUT2D eigenvalue weighted by Crippen LogP contribution is -2.65. The van der Waals surface area contributed by atoms with Crippen molar-refractivity contribution in [2.75, 3.05) is 34.0 Å². The van der Waals surface area contributed by atoms with Gasteiger partial charge in [-0.15, -0.1) is 0 Å². The first-order valence-electron chi connectivity index (χ1n) is 24.4. The Morgan fingerprint density at radius 3 is 1.57 bits per heavy atom. The van der Waals surface area contributed by atoms with E-state index in [1.165, 1.54) is 62.8 Å². The number of phenols is 6. The summed E-state index contributed by atoms with van der Waals surface area (Å²) in [6.45, 7) is -2.48. The van der Waals surface area contributed by atoms with Gasteiger partial charge in [0.05, 0.1) is 32.5 Å². The van der Waals surface area contributed by atoms with Crippen molar-refractivity contribution < 1.29 is 138 Å². The summed E-state index contributed by atoms with van der Waals surface area (Å²) >= 11 is 0. The highest BCUT2D eigenvalue weighted by atomic mass is 16.8. The van der Waals surface area contributed by atoms with Crippen molar-refractivity contribution in [1.82, 2.24) is 0 Å². The summed E-state index contributed by atoms with van der Waals surface area (Å²) < 4.78 is 62.7. The molecule has 3 aliphatic heterocycles. The third-order valence-corrected chi connectivity index (χ3v) is 13.1. The van der Waals surface area contributed by atoms with Crippen molar-refractivity contribution in [3.8, 4) is 68.8 Å². The van der Waals surface area contributed by atoms with Crippen LogP contribution in [0.4, 0.5) is 0 Å². The van der Waals surface area contributed by atoms with E-state index in [1.807, 2.05) is 0 Å². The molecule has 0 saturated carbocycles. The highest BCUT2D eigenvalue weighted by molar-refractivity contribution is 5.90. The minimum Gasteiger partial charge on any atom is -0.507 e. The van der Waals surface area contributed by atoms with Gasteiger partial charge in [0.25, 0.3) is 0 Å². The van der Waals surface area contributed by atoms with Crippen LogP contribution in [0.2, 0.25) is 0 Å². The number of carbonyl (C=O) groups excluding carboxylic acids is 2. The average molecular weight is 1140 g/mol. The van der Waals surface area contributed by atoms with Gasteiger partial charge >= 0.3 is 23.3 Å². The van der Waals surface area contributed by atoms with Crippen LogP contribution in [0.3, 0.4) is 0 Å². The molecular formula is C53H57O28+. The zero-order valence-corrected chi connectivity index (χ0v) is 42.5. The second kappa shape index (κ2) is 25.3. The van der Waals surface area contributed by atoms with Gasteiger partial charge in [0.15, 0.2) is 52.6 Å². The number of carbonyl (C=O) groups is 2. The van der Waals surface area contributed by atoms with E-state index in [2.05, 4.69) is 0 Å². The Hall–Kier alpha value is -7.81. The van der Waals surface area contributed by atoms with Crippen LogP contribution < -0.4 is 18.9 Å². The van der Waals surface area contributed by atoms with Crippen LogP contribution in [0, 0.1) is 0 Å². The first kappa shape index (κ1) is 59.3. The molecule has 0 unspecified atom stereocenters. The third kappa shape index (κ3) is 13.2. The van der Waals surface area contributed by atoms with E-state index in [1.54, 1.807) is 0 Å². The van der Waals surface area contributed by atoms with Gasteiger partial charge in [0.1, 0.15) is 97.2 Å². The lowest BCUT2D eigenvalue weighted by atomic mass is 9.97. The third-order valence-electron chi connectivity index (χ3n) is 13.1. The molecule has 28 heteroatoms. The molecule has 8 rings (SSSR count).